The number of hydrogen-bond acceptors (Lipinski definition) is 2. The maximum atomic E-state index is 12.3. The highest BCUT2D eigenvalue weighted by Crippen LogP contribution is 2.21. The smallest absolute Gasteiger partial charge is 0.395 e. The van der Waals surface area contributed by atoms with Crippen LogP contribution < -0.4 is 11.5 Å². The van der Waals surface area contributed by atoms with Gasteiger partial charge in [0.1, 0.15) is 12.2 Å². The molecule has 1 aromatic carbocycles. The summed E-state index contributed by atoms with van der Waals surface area (Å²) >= 11 is 0. The molecule has 0 atom stereocenters. The minimum absolute atomic E-state index is 0.130. The molecule has 1 aromatic rings. The molecule has 18 heavy (non-hydrogen) atoms. The fourth-order valence-corrected chi connectivity index (χ4v) is 1.29. The average Bonchev–Trinajstić information content (AvgIpc) is 2.26. The summed E-state index contributed by atoms with van der Waals surface area (Å²) in [6.45, 7) is 2.01. The molecule has 0 bridgehead atoms. The predicted octanol–water partition coefficient (Wildman–Crippen LogP) is 1.71. The van der Waals surface area contributed by atoms with Crippen molar-refractivity contribution >= 4 is 11.4 Å². The van der Waals surface area contributed by atoms with E-state index in [-0.39, 0.29) is 12.3 Å². The molecule has 3 nitrogen and oxygen atoms in total. The number of rotatable bonds is 3. The molecule has 0 fully saturated rings. The Morgan fingerprint density at radius 2 is 2.11 bits per heavy atom. The van der Waals surface area contributed by atoms with Gasteiger partial charge < -0.3 is 11.5 Å². The van der Waals surface area contributed by atoms with Crippen LogP contribution in [0.2, 0.25) is 0 Å². The molecular weight excluding hydrogens is 243 g/mol. The van der Waals surface area contributed by atoms with Crippen molar-refractivity contribution in [1.82, 2.24) is 0 Å². The van der Waals surface area contributed by atoms with Crippen LogP contribution >= 0.6 is 0 Å². The molecule has 0 saturated heterocycles. The van der Waals surface area contributed by atoms with Gasteiger partial charge >= 0.3 is 6.18 Å². The van der Waals surface area contributed by atoms with Gasteiger partial charge in [0.2, 0.25) is 0 Å². The zero-order valence-electron chi connectivity index (χ0n) is 9.96. The number of benzene rings is 1. The van der Waals surface area contributed by atoms with Crippen LogP contribution in [0.1, 0.15) is 5.56 Å². The molecule has 0 aliphatic rings. The number of aliphatic imine (C=N–C) groups is 1. The molecule has 0 aromatic heterocycles. The Bertz CT molecular complexity index is 476. The molecule has 0 amide bonds. The number of quaternary nitrogens is 1. The SMILES string of the molecule is Cc1cccc(N=C(/C=C(\N)C(F)(F)F)C[NH3+])c1. The summed E-state index contributed by atoms with van der Waals surface area (Å²) in [5.74, 6) is 0. The van der Waals surface area contributed by atoms with E-state index >= 15 is 0 Å². The minimum atomic E-state index is -4.54. The molecule has 0 radical (unpaired) electrons. The molecular formula is C12H15F3N3+. The first-order valence-corrected chi connectivity index (χ1v) is 5.31. The summed E-state index contributed by atoms with van der Waals surface area (Å²) < 4.78 is 36.8. The van der Waals surface area contributed by atoms with Crippen LogP contribution in [0.3, 0.4) is 0 Å². The third-order valence-electron chi connectivity index (χ3n) is 2.18. The topological polar surface area (TPSA) is 66.0 Å². The van der Waals surface area contributed by atoms with Crippen molar-refractivity contribution in [3.05, 3.63) is 41.6 Å². The van der Waals surface area contributed by atoms with Gasteiger partial charge in [-0.05, 0) is 30.7 Å². The largest absolute Gasteiger partial charge is 0.430 e. The van der Waals surface area contributed by atoms with Crippen LogP contribution in [-0.4, -0.2) is 18.4 Å². The lowest BCUT2D eigenvalue weighted by molar-refractivity contribution is -0.345. The van der Waals surface area contributed by atoms with E-state index in [0.29, 0.717) is 5.69 Å². The first-order valence-electron chi connectivity index (χ1n) is 5.31. The Hall–Kier alpha value is -1.82. The summed E-state index contributed by atoms with van der Waals surface area (Å²) in [5, 5.41) is 0. The second kappa shape index (κ2) is 5.68. The molecule has 0 saturated carbocycles. The van der Waals surface area contributed by atoms with Crippen LogP contribution in [0.4, 0.5) is 18.9 Å². The molecule has 1 rings (SSSR count). The second-order valence-electron chi connectivity index (χ2n) is 3.79. The third-order valence-corrected chi connectivity index (χ3v) is 2.18. The van der Waals surface area contributed by atoms with Crippen molar-refractivity contribution < 1.29 is 18.9 Å². The van der Waals surface area contributed by atoms with Crippen LogP contribution in [0.15, 0.2) is 41.0 Å². The number of alkyl halides is 3. The van der Waals surface area contributed by atoms with Gasteiger partial charge in [-0.3, -0.25) is 0 Å². The van der Waals surface area contributed by atoms with Crippen LogP contribution in [0.5, 0.6) is 0 Å². The van der Waals surface area contributed by atoms with Crippen molar-refractivity contribution in [3.63, 3.8) is 0 Å². The molecule has 5 N–H and O–H groups in total. The van der Waals surface area contributed by atoms with E-state index in [1.54, 1.807) is 18.2 Å². The lowest BCUT2D eigenvalue weighted by Gasteiger charge is -2.06. The summed E-state index contributed by atoms with van der Waals surface area (Å²) in [4.78, 5) is 4.09. The van der Waals surface area contributed by atoms with Crippen molar-refractivity contribution in [2.75, 3.05) is 6.54 Å². The summed E-state index contributed by atoms with van der Waals surface area (Å²) in [5.41, 5.74) is 9.06. The summed E-state index contributed by atoms with van der Waals surface area (Å²) in [6, 6.07) is 7.14. The minimum Gasteiger partial charge on any atom is -0.395 e. The van der Waals surface area contributed by atoms with Gasteiger partial charge in [0.25, 0.3) is 0 Å². The van der Waals surface area contributed by atoms with E-state index in [0.717, 1.165) is 11.6 Å². The third kappa shape index (κ3) is 4.21. The quantitative estimate of drug-likeness (QED) is 0.796. The van der Waals surface area contributed by atoms with E-state index in [2.05, 4.69) is 10.7 Å². The van der Waals surface area contributed by atoms with Crippen LogP contribution in [-0.2, 0) is 0 Å². The van der Waals surface area contributed by atoms with Gasteiger partial charge in [-0.1, -0.05) is 12.1 Å². The van der Waals surface area contributed by atoms with Gasteiger partial charge in [-0.15, -0.1) is 0 Å². The van der Waals surface area contributed by atoms with Crippen LogP contribution in [0, 0.1) is 6.92 Å². The fourth-order valence-electron chi connectivity index (χ4n) is 1.29. The number of nitrogens with two attached hydrogens (primary N) is 1. The monoisotopic (exact) mass is 258 g/mol. The number of aryl methyl sites for hydroxylation is 1. The lowest BCUT2D eigenvalue weighted by Crippen LogP contribution is -2.53. The standard InChI is InChI=1S/C12H14F3N3/c1-8-3-2-4-9(5-8)18-10(7-16)6-11(17)12(13,14)15/h2-6H,7,16-17H2,1H3/p+1/b11-6-,18-10?. The van der Waals surface area contributed by atoms with Crippen molar-refractivity contribution in [1.29, 1.82) is 0 Å². The van der Waals surface area contributed by atoms with E-state index in [9.17, 15) is 13.2 Å². The average molecular weight is 258 g/mol. The zero-order valence-corrected chi connectivity index (χ0v) is 9.96. The molecule has 0 heterocycles. The Morgan fingerprint density at radius 3 is 2.61 bits per heavy atom. The van der Waals surface area contributed by atoms with Gasteiger partial charge in [-0.2, -0.15) is 13.2 Å². The zero-order chi connectivity index (χ0) is 13.8. The molecule has 6 heteroatoms. The second-order valence-corrected chi connectivity index (χ2v) is 3.79. The predicted molar refractivity (Wildman–Crippen MR) is 64.4 cm³/mol. The fraction of sp³-hybridized carbons (Fsp3) is 0.250. The first-order chi connectivity index (χ1) is 8.32. The maximum Gasteiger partial charge on any atom is 0.430 e. The molecule has 98 valence electrons. The molecule has 0 aliphatic heterocycles. The normalized spacial score (nSPS) is 13.8. The first kappa shape index (κ1) is 14.2. The molecule has 0 spiro atoms. The molecule has 0 unspecified atom stereocenters. The lowest BCUT2D eigenvalue weighted by atomic mass is 10.2. The highest BCUT2D eigenvalue weighted by Gasteiger charge is 2.31. The van der Waals surface area contributed by atoms with E-state index in [1.165, 1.54) is 0 Å². The van der Waals surface area contributed by atoms with Gasteiger partial charge in [0.05, 0.1) is 11.4 Å². The number of halogens is 3. The van der Waals surface area contributed by atoms with Crippen LogP contribution in [0.25, 0.3) is 0 Å². The van der Waals surface area contributed by atoms with Gasteiger partial charge in [0.15, 0.2) is 0 Å². The summed E-state index contributed by atoms with van der Waals surface area (Å²) in [7, 11) is 0. The van der Waals surface area contributed by atoms with E-state index < -0.39 is 11.9 Å². The summed E-state index contributed by atoms with van der Waals surface area (Å²) in [6.07, 6.45) is -3.72. The number of nitrogens with zero attached hydrogens (tertiary/aromatic N) is 1. The Kier molecular flexibility index (Phi) is 4.49. The van der Waals surface area contributed by atoms with Gasteiger partial charge in [-0.25, -0.2) is 4.99 Å². The Balaban J connectivity index is 3.04. The van der Waals surface area contributed by atoms with E-state index in [1.807, 2.05) is 13.0 Å². The van der Waals surface area contributed by atoms with E-state index in [4.69, 9.17) is 5.73 Å². The number of allylic oxidation sites excluding steroid dienone is 1. The van der Waals surface area contributed by atoms with Gasteiger partial charge in [0, 0.05) is 0 Å². The van der Waals surface area contributed by atoms with Crippen molar-refractivity contribution in [2.24, 2.45) is 10.7 Å². The maximum absolute atomic E-state index is 12.3. The highest BCUT2D eigenvalue weighted by molar-refractivity contribution is 5.98. The number of hydrogen-bond donors (Lipinski definition) is 2. The van der Waals surface area contributed by atoms with Crippen molar-refractivity contribution in [2.45, 2.75) is 13.1 Å². The highest BCUT2D eigenvalue weighted by atomic mass is 19.4. The Labute approximate surface area is 103 Å². The van der Waals surface area contributed by atoms with Crippen molar-refractivity contribution in [3.8, 4) is 0 Å². The Morgan fingerprint density at radius 1 is 1.44 bits per heavy atom. The molecule has 0 aliphatic carbocycles.